The number of carbonyl (C=O) groups excluding carboxylic acids is 4. The molecule has 1 atom stereocenters. The fourth-order valence-corrected chi connectivity index (χ4v) is 5.24. The van der Waals surface area contributed by atoms with E-state index < -0.39 is 12.0 Å². The van der Waals surface area contributed by atoms with Crippen molar-refractivity contribution in [1.82, 2.24) is 14.7 Å². The van der Waals surface area contributed by atoms with Gasteiger partial charge in [-0.3, -0.25) is 14.4 Å². The largest absolute Gasteiger partial charge is 0.467 e. The Morgan fingerprint density at radius 3 is 2.36 bits per heavy atom. The smallest absolute Gasteiger partial charge is 0.329 e. The van der Waals surface area contributed by atoms with Crippen LogP contribution < -0.4 is 0 Å². The van der Waals surface area contributed by atoms with Gasteiger partial charge in [0.1, 0.15) is 6.04 Å². The molecule has 0 radical (unpaired) electrons. The number of esters is 1. The Labute approximate surface area is 221 Å². The molecule has 3 fully saturated rings. The Morgan fingerprint density at radius 1 is 1.00 bits per heavy atom. The molecular formula is C26H31Cl2N3O5. The number of benzene rings is 1. The SMILES string of the molecule is COC(=O)C(CC(=O)N1CCC2(CC1)CC2)N1CCN(C(=O)/C=C/c2ccc(Cl)c(Cl)c2)CCC1=O. The summed E-state index contributed by atoms with van der Waals surface area (Å²) in [5, 5.41) is 0.819. The molecule has 4 rings (SSSR count). The van der Waals surface area contributed by atoms with E-state index in [1.165, 1.54) is 30.9 Å². The van der Waals surface area contributed by atoms with Crippen molar-refractivity contribution in [3.05, 3.63) is 39.9 Å². The molecule has 1 spiro atoms. The minimum atomic E-state index is -1.01. The van der Waals surface area contributed by atoms with Crippen molar-refractivity contribution in [2.45, 2.75) is 44.6 Å². The zero-order valence-corrected chi connectivity index (χ0v) is 21.9. The van der Waals surface area contributed by atoms with Crippen LogP contribution in [0.1, 0.15) is 44.1 Å². The first-order chi connectivity index (χ1) is 17.2. The topological polar surface area (TPSA) is 87.2 Å². The van der Waals surface area contributed by atoms with Gasteiger partial charge in [0.15, 0.2) is 0 Å². The summed E-state index contributed by atoms with van der Waals surface area (Å²) in [6.07, 6.45) is 7.46. The van der Waals surface area contributed by atoms with Gasteiger partial charge in [0, 0.05) is 45.2 Å². The zero-order valence-electron chi connectivity index (χ0n) is 20.4. The second-order valence-corrected chi connectivity index (χ2v) is 10.6. The van der Waals surface area contributed by atoms with Crippen molar-refractivity contribution in [1.29, 1.82) is 0 Å². The maximum atomic E-state index is 13.0. The summed E-state index contributed by atoms with van der Waals surface area (Å²) in [4.78, 5) is 56.1. The summed E-state index contributed by atoms with van der Waals surface area (Å²) in [5.74, 6) is -1.30. The van der Waals surface area contributed by atoms with E-state index in [4.69, 9.17) is 27.9 Å². The molecule has 1 unspecified atom stereocenters. The predicted molar refractivity (Wildman–Crippen MR) is 136 cm³/mol. The summed E-state index contributed by atoms with van der Waals surface area (Å²) in [6.45, 7) is 1.98. The summed E-state index contributed by atoms with van der Waals surface area (Å²) in [7, 11) is 1.25. The molecule has 1 saturated carbocycles. The van der Waals surface area contributed by atoms with Crippen molar-refractivity contribution < 1.29 is 23.9 Å². The number of hydrogen-bond acceptors (Lipinski definition) is 5. The number of methoxy groups -OCH3 is 1. The van der Waals surface area contributed by atoms with E-state index in [1.54, 1.807) is 34.1 Å². The van der Waals surface area contributed by atoms with Gasteiger partial charge in [0.2, 0.25) is 17.7 Å². The summed E-state index contributed by atoms with van der Waals surface area (Å²) >= 11 is 12.0. The van der Waals surface area contributed by atoms with Crippen molar-refractivity contribution in [3.8, 4) is 0 Å². The van der Waals surface area contributed by atoms with Crippen LogP contribution in [0.4, 0.5) is 0 Å². The molecule has 3 aliphatic rings. The van der Waals surface area contributed by atoms with E-state index in [9.17, 15) is 19.2 Å². The minimum Gasteiger partial charge on any atom is -0.467 e. The molecule has 0 N–H and O–H groups in total. The van der Waals surface area contributed by atoms with Crippen LogP contribution in [0.3, 0.4) is 0 Å². The third kappa shape index (κ3) is 6.21. The fourth-order valence-electron chi connectivity index (χ4n) is 4.94. The number of nitrogens with zero attached hydrogens (tertiary/aromatic N) is 3. The number of piperidine rings is 1. The van der Waals surface area contributed by atoms with Gasteiger partial charge in [-0.25, -0.2) is 4.79 Å². The third-order valence-electron chi connectivity index (χ3n) is 7.55. The van der Waals surface area contributed by atoms with Crippen LogP contribution in [0.2, 0.25) is 10.0 Å². The molecule has 0 aromatic heterocycles. The molecule has 1 aliphatic carbocycles. The van der Waals surface area contributed by atoms with E-state index in [0.717, 1.165) is 18.4 Å². The zero-order chi connectivity index (χ0) is 25.9. The molecule has 8 nitrogen and oxygen atoms in total. The number of amides is 3. The van der Waals surface area contributed by atoms with Crippen molar-refractivity contribution in [2.24, 2.45) is 5.41 Å². The Morgan fingerprint density at radius 2 is 1.72 bits per heavy atom. The van der Waals surface area contributed by atoms with Gasteiger partial charge in [0.25, 0.3) is 0 Å². The van der Waals surface area contributed by atoms with Crippen molar-refractivity contribution in [3.63, 3.8) is 0 Å². The molecule has 2 heterocycles. The lowest BCUT2D eigenvalue weighted by molar-refractivity contribution is -0.155. The van der Waals surface area contributed by atoms with Gasteiger partial charge in [-0.15, -0.1) is 0 Å². The van der Waals surface area contributed by atoms with Crippen molar-refractivity contribution in [2.75, 3.05) is 39.8 Å². The van der Waals surface area contributed by atoms with E-state index in [0.29, 0.717) is 28.5 Å². The summed E-state index contributed by atoms with van der Waals surface area (Å²) in [6, 6.07) is 4.05. The standard InChI is InChI=1S/C26H31Cl2N3O5/c1-36-25(35)21(17-24(34)30-12-9-26(7-8-26)10-13-30)31-15-14-29(11-6-23(31)33)22(32)5-3-18-2-4-19(27)20(28)16-18/h2-5,16,21H,6-15,17H2,1H3/b5-3+. The fraction of sp³-hybridized carbons (Fsp3) is 0.538. The van der Waals surface area contributed by atoms with Crippen LogP contribution in [-0.2, 0) is 23.9 Å². The lowest BCUT2D eigenvalue weighted by atomic mass is 9.93. The van der Waals surface area contributed by atoms with Gasteiger partial charge in [-0.05, 0) is 54.9 Å². The molecule has 3 amide bonds. The molecule has 10 heteroatoms. The predicted octanol–water partition coefficient (Wildman–Crippen LogP) is 3.40. The maximum Gasteiger partial charge on any atom is 0.329 e. The lowest BCUT2D eigenvalue weighted by Crippen LogP contribution is -2.50. The van der Waals surface area contributed by atoms with Crippen LogP contribution in [0.15, 0.2) is 24.3 Å². The quantitative estimate of drug-likeness (QED) is 0.411. The highest BCUT2D eigenvalue weighted by Gasteiger charge is 2.45. The second kappa shape index (κ2) is 11.2. The number of halogens is 2. The molecule has 194 valence electrons. The maximum absolute atomic E-state index is 13.0. The second-order valence-electron chi connectivity index (χ2n) is 9.79. The Bertz CT molecular complexity index is 1060. The minimum absolute atomic E-state index is 0.0558. The van der Waals surface area contributed by atoms with Crippen LogP contribution >= 0.6 is 23.2 Å². The third-order valence-corrected chi connectivity index (χ3v) is 8.29. The van der Waals surface area contributed by atoms with Crippen LogP contribution in [0, 0.1) is 5.41 Å². The average Bonchev–Trinajstić information content (AvgIpc) is 3.66. The molecule has 0 bridgehead atoms. The van der Waals surface area contributed by atoms with Gasteiger partial charge < -0.3 is 19.4 Å². The number of hydrogen-bond donors (Lipinski definition) is 0. The normalized spacial score (nSPS) is 20.4. The molecule has 1 aromatic carbocycles. The number of carbonyl (C=O) groups is 4. The Balaban J connectivity index is 1.38. The molecule has 1 aromatic rings. The van der Waals surface area contributed by atoms with Crippen LogP contribution in [0.5, 0.6) is 0 Å². The Hall–Kier alpha value is -2.58. The van der Waals surface area contributed by atoms with Gasteiger partial charge in [-0.2, -0.15) is 0 Å². The number of ether oxygens (including phenoxy) is 1. The lowest BCUT2D eigenvalue weighted by Gasteiger charge is -2.34. The van der Waals surface area contributed by atoms with E-state index in [1.807, 2.05) is 0 Å². The van der Waals surface area contributed by atoms with Gasteiger partial charge in [-0.1, -0.05) is 29.3 Å². The van der Waals surface area contributed by atoms with Gasteiger partial charge >= 0.3 is 5.97 Å². The molecule has 2 saturated heterocycles. The average molecular weight is 536 g/mol. The van der Waals surface area contributed by atoms with Crippen LogP contribution in [0.25, 0.3) is 6.08 Å². The first kappa shape index (κ1) is 26.5. The van der Waals surface area contributed by atoms with E-state index in [-0.39, 0.29) is 50.2 Å². The highest BCUT2D eigenvalue weighted by molar-refractivity contribution is 6.42. The molecule has 2 aliphatic heterocycles. The Kier molecular flexibility index (Phi) is 8.25. The first-order valence-electron chi connectivity index (χ1n) is 12.3. The first-order valence-corrected chi connectivity index (χ1v) is 13.0. The van der Waals surface area contributed by atoms with E-state index in [2.05, 4.69) is 0 Å². The monoisotopic (exact) mass is 535 g/mol. The number of likely N-dealkylation sites (tertiary alicyclic amines) is 1. The molecule has 36 heavy (non-hydrogen) atoms. The highest BCUT2D eigenvalue weighted by atomic mass is 35.5. The van der Waals surface area contributed by atoms with E-state index >= 15 is 0 Å². The van der Waals surface area contributed by atoms with Gasteiger partial charge in [0.05, 0.1) is 23.6 Å². The molecular weight excluding hydrogens is 505 g/mol. The number of rotatable bonds is 6. The highest BCUT2D eigenvalue weighted by Crippen LogP contribution is 2.53. The summed E-state index contributed by atoms with van der Waals surface area (Å²) in [5.41, 5.74) is 1.16. The summed E-state index contributed by atoms with van der Waals surface area (Å²) < 4.78 is 4.95. The van der Waals surface area contributed by atoms with Crippen molar-refractivity contribution >= 4 is 53.0 Å². The van der Waals surface area contributed by atoms with Crippen LogP contribution in [-0.4, -0.2) is 84.3 Å².